The van der Waals surface area contributed by atoms with Crippen molar-refractivity contribution in [2.75, 3.05) is 26.9 Å². The molecular weight excluding hydrogens is 622 g/mol. The molecular formula is C38H43N5O6. The van der Waals surface area contributed by atoms with Gasteiger partial charge in [0.1, 0.15) is 30.2 Å². The fraction of sp³-hybridized carbons (Fsp3) is 0.263. The highest BCUT2D eigenvalue weighted by Gasteiger charge is 2.27. The Hall–Kier alpha value is -5.84. The molecule has 6 N–H and O–H groups in total. The van der Waals surface area contributed by atoms with Crippen molar-refractivity contribution in [1.82, 2.24) is 10.6 Å². The molecule has 2 atom stereocenters. The Kier molecular flexibility index (Phi) is 13.2. The molecule has 0 bridgehead atoms. The van der Waals surface area contributed by atoms with Gasteiger partial charge in [0.05, 0.1) is 7.11 Å². The minimum Gasteiger partial charge on any atom is -0.489 e. The summed E-state index contributed by atoms with van der Waals surface area (Å²) < 4.78 is 17.2. The highest BCUT2D eigenvalue weighted by atomic mass is 16.5. The van der Waals surface area contributed by atoms with Gasteiger partial charge in [0.15, 0.2) is 12.6 Å². The molecule has 0 aliphatic rings. The topological polar surface area (TPSA) is 167 Å². The predicted molar refractivity (Wildman–Crippen MR) is 193 cm³/mol. The fourth-order valence-corrected chi connectivity index (χ4v) is 5.52. The van der Waals surface area contributed by atoms with Crippen LogP contribution < -0.4 is 31.6 Å². The molecule has 0 aliphatic carbocycles. The molecule has 4 rings (SSSR count). The standard InChI is InChI=1S/C38H43N5O6/c1-4-12-30(37(46)47-3)43-36(45)29(17-10-11-22-41-38(39)40)42-33(44)24-49-32-21-19-26-14-7-9-16-28(26)35(32)34-27-15-8-6-13-25(27)18-20-31(34)48-23-5-2/h4-9,13-16,18-21,29-30H,1-2,10-12,17,22-24H2,3H3,(H,42,44)(H,43,45)(H4,39,40,41)/t29-,30-/m1/s1. The maximum atomic E-state index is 13.4. The van der Waals surface area contributed by atoms with E-state index in [4.69, 9.17) is 25.7 Å². The second-order valence-electron chi connectivity index (χ2n) is 11.2. The van der Waals surface area contributed by atoms with E-state index in [1.54, 1.807) is 6.08 Å². The first-order valence-electron chi connectivity index (χ1n) is 16.0. The molecule has 0 saturated carbocycles. The van der Waals surface area contributed by atoms with Gasteiger partial charge in [-0.1, -0.05) is 79.4 Å². The Labute approximate surface area is 286 Å². The number of hydrogen-bond donors (Lipinski definition) is 4. The quantitative estimate of drug-likeness (QED) is 0.0388. The highest BCUT2D eigenvalue weighted by Crippen LogP contribution is 2.45. The van der Waals surface area contributed by atoms with Gasteiger partial charge in [-0.2, -0.15) is 0 Å². The van der Waals surface area contributed by atoms with Crippen LogP contribution in [0.4, 0.5) is 0 Å². The Bertz CT molecular complexity index is 1830. The number of carbonyl (C=O) groups excluding carboxylic acids is 3. The van der Waals surface area contributed by atoms with Crippen LogP contribution in [0.3, 0.4) is 0 Å². The van der Waals surface area contributed by atoms with E-state index in [0.717, 1.165) is 32.7 Å². The Balaban J connectivity index is 1.63. The van der Waals surface area contributed by atoms with E-state index in [1.165, 1.54) is 13.2 Å². The van der Waals surface area contributed by atoms with Crippen molar-refractivity contribution in [2.45, 2.75) is 37.8 Å². The third kappa shape index (κ3) is 9.60. The molecule has 0 heterocycles. The largest absolute Gasteiger partial charge is 0.489 e. The van der Waals surface area contributed by atoms with Crippen LogP contribution in [0.5, 0.6) is 11.5 Å². The lowest BCUT2D eigenvalue weighted by Crippen LogP contribution is -2.52. The van der Waals surface area contributed by atoms with E-state index in [1.807, 2.05) is 72.8 Å². The van der Waals surface area contributed by atoms with E-state index in [2.05, 4.69) is 28.8 Å². The summed E-state index contributed by atoms with van der Waals surface area (Å²) in [6.07, 6.45) is 4.70. The van der Waals surface area contributed by atoms with E-state index in [9.17, 15) is 14.4 Å². The summed E-state index contributed by atoms with van der Waals surface area (Å²) in [5.41, 5.74) is 12.4. The molecule has 0 aromatic heterocycles. The number of fused-ring (bicyclic) bond motifs is 2. The number of rotatable bonds is 18. The van der Waals surface area contributed by atoms with Gasteiger partial charge in [-0.15, -0.1) is 6.58 Å². The summed E-state index contributed by atoms with van der Waals surface area (Å²) in [6.45, 7) is 7.73. The van der Waals surface area contributed by atoms with Crippen LogP contribution >= 0.6 is 0 Å². The molecule has 2 amide bonds. The normalized spacial score (nSPS) is 11.9. The first-order valence-corrected chi connectivity index (χ1v) is 16.0. The molecule has 0 unspecified atom stereocenters. The zero-order chi connectivity index (χ0) is 35.2. The SMILES string of the molecule is C=CCOc1ccc2ccccc2c1-c1c(OCC(=O)N[C@H](CCCCN=C(N)N)C(=O)N[C@H](CC=C)C(=O)OC)ccc2ccccc12. The van der Waals surface area contributed by atoms with Gasteiger partial charge in [0, 0.05) is 17.7 Å². The summed E-state index contributed by atoms with van der Waals surface area (Å²) in [4.78, 5) is 43.0. The maximum Gasteiger partial charge on any atom is 0.328 e. The van der Waals surface area contributed by atoms with E-state index < -0.39 is 29.9 Å². The van der Waals surface area contributed by atoms with Gasteiger partial charge < -0.3 is 36.3 Å². The monoisotopic (exact) mass is 665 g/mol. The lowest BCUT2D eigenvalue weighted by atomic mass is 9.92. The van der Waals surface area contributed by atoms with Crippen LogP contribution in [0, 0.1) is 0 Å². The number of benzene rings is 4. The molecule has 11 nitrogen and oxygen atoms in total. The number of amides is 2. The van der Waals surface area contributed by atoms with Gasteiger partial charge >= 0.3 is 5.97 Å². The lowest BCUT2D eigenvalue weighted by Gasteiger charge is -2.22. The Morgan fingerprint density at radius 3 is 1.98 bits per heavy atom. The van der Waals surface area contributed by atoms with Crippen LogP contribution in [0.15, 0.2) is 103 Å². The predicted octanol–water partition coefficient (Wildman–Crippen LogP) is 4.77. The van der Waals surface area contributed by atoms with E-state index in [0.29, 0.717) is 37.5 Å². The number of nitrogens with zero attached hydrogens (tertiary/aromatic N) is 1. The van der Waals surface area contributed by atoms with Crippen molar-refractivity contribution in [3.8, 4) is 22.6 Å². The third-order valence-electron chi connectivity index (χ3n) is 7.80. The highest BCUT2D eigenvalue weighted by molar-refractivity contribution is 6.09. The van der Waals surface area contributed by atoms with Crippen molar-refractivity contribution >= 4 is 45.3 Å². The lowest BCUT2D eigenvalue weighted by molar-refractivity contribution is -0.145. The number of methoxy groups -OCH3 is 1. The second kappa shape index (κ2) is 17.9. The zero-order valence-electron chi connectivity index (χ0n) is 27.7. The van der Waals surface area contributed by atoms with Crippen LogP contribution in [-0.4, -0.2) is 62.7 Å². The van der Waals surface area contributed by atoms with E-state index in [-0.39, 0.29) is 25.4 Å². The average Bonchev–Trinajstić information content (AvgIpc) is 3.11. The average molecular weight is 666 g/mol. The van der Waals surface area contributed by atoms with Gasteiger partial charge in [-0.05, 0) is 59.4 Å². The van der Waals surface area contributed by atoms with Gasteiger partial charge in [-0.25, -0.2) is 4.79 Å². The van der Waals surface area contributed by atoms with Crippen LogP contribution in [0.2, 0.25) is 0 Å². The summed E-state index contributed by atoms with van der Waals surface area (Å²) >= 11 is 0. The van der Waals surface area contributed by atoms with Gasteiger partial charge in [0.2, 0.25) is 5.91 Å². The number of unbranched alkanes of at least 4 members (excludes halogenated alkanes) is 1. The molecule has 49 heavy (non-hydrogen) atoms. The van der Waals surface area contributed by atoms with Crippen molar-refractivity contribution in [2.24, 2.45) is 16.5 Å². The summed E-state index contributed by atoms with van der Waals surface area (Å²) in [6, 6.07) is 21.6. The molecule has 0 spiro atoms. The zero-order valence-corrected chi connectivity index (χ0v) is 27.7. The second-order valence-corrected chi connectivity index (χ2v) is 11.2. The molecule has 0 saturated heterocycles. The first kappa shape index (κ1) is 36.0. The third-order valence-corrected chi connectivity index (χ3v) is 7.80. The van der Waals surface area contributed by atoms with E-state index >= 15 is 0 Å². The molecule has 0 fully saturated rings. The van der Waals surface area contributed by atoms with Crippen molar-refractivity contribution in [3.05, 3.63) is 98.1 Å². The summed E-state index contributed by atoms with van der Waals surface area (Å²) in [7, 11) is 1.23. The van der Waals surface area contributed by atoms with Crippen molar-refractivity contribution < 1.29 is 28.6 Å². The number of nitrogens with two attached hydrogens (primary N) is 2. The first-order chi connectivity index (χ1) is 23.8. The number of carbonyl (C=O) groups is 3. The minimum atomic E-state index is -0.972. The number of aliphatic imine (C=N–C) groups is 1. The van der Waals surface area contributed by atoms with Gasteiger partial charge in [-0.3, -0.25) is 14.6 Å². The van der Waals surface area contributed by atoms with Crippen molar-refractivity contribution in [3.63, 3.8) is 0 Å². The van der Waals surface area contributed by atoms with Crippen LogP contribution in [-0.2, 0) is 19.1 Å². The molecule has 4 aromatic carbocycles. The fourth-order valence-electron chi connectivity index (χ4n) is 5.52. The number of hydrogen-bond acceptors (Lipinski definition) is 7. The number of ether oxygens (including phenoxy) is 3. The van der Waals surface area contributed by atoms with Gasteiger partial charge in [0.25, 0.3) is 5.91 Å². The smallest absolute Gasteiger partial charge is 0.328 e. The van der Waals surface area contributed by atoms with Crippen LogP contribution in [0.25, 0.3) is 32.7 Å². The molecule has 11 heteroatoms. The molecule has 4 aromatic rings. The summed E-state index contributed by atoms with van der Waals surface area (Å²) in [5.74, 6) is -0.615. The molecule has 256 valence electrons. The molecule has 0 radical (unpaired) electrons. The molecule has 0 aliphatic heterocycles. The Morgan fingerprint density at radius 2 is 1.41 bits per heavy atom. The maximum absolute atomic E-state index is 13.4. The number of esters is 1. The summed E-state index contributed by atoms with van der Waals surface area (Å²) in [5, 5.41) is 9.30. The van der Waals surface area contributed by atoms with Crippen LogP contribution in [0.1, 0.15) is 25.7 Å². The number of nitrogens with one attached hydrogen (secondary N) is 2. The minimum absolute atomic E-state index is 0.0268. The Morgan fingerprint density at radius 1 is 0.796 bits per heavy atom. The van der Waals surface area contributed by atoms with Crippen molar-refractivity contribution in [1.29, 1.82) is 0 Å². The number of guanidine groups is 1.